The summed E-state index contributed by atoms with van der Waals surface area (Å²) in [7, 11) is 0. The maximum absolute atomic E-state index is 10.1. The molecular formula is C15H23NO. The minimum Gasteiger partial charge on any atom is -0.388 e. The van der Waals surface area contributed by atoms with Crippen molar-refractivity contribution in [2.75, 3.05) is 13.1 Å². The van der Waals surface area contributed by atoms with E-state index in [0.29, 0.717) is 0 Å². The lowest BCUT2D eigenvalue weighted by Crippen LogP contribution is -2.18. The lowest BCUT2D eigenvalue weighted by atomic mass is 10.0. The zero-order chi connectivity index (χ0) is 12.1. The summed E-state index contributed by atoms with van der Waals surface area (Å²) in [6.45, 7) is 4.09. The first-order valence-corrected chi connectivity index (χ1v) is 6.81. The fourth-order valence-electron chi connectivity index (χ4n) is 2.51. The molecule has 0 amide bonds. The number of nitrogens with one attached hydrogen (secondary N) is 1. The van der Waals surface area contributed by atoms with Crippen molar-refractivity contribution in [1.82, 2.24) is 5.32 Å². The molecule has 17 heavy (non-hydrogen) atoms. The van der Waals surface area contributed by atoms with Crippen molar-refractivity contribution in [3.05, 3.63) is 34.9 Å². The molecule has 1 aliphatic rings. The van der Waals surface area contributed by atoms with E-state index in [0.717, 1.165) is 31.5 Å². The average Bonchev–Trinajstić information content (AvgIpc) is 2.81. The molecule has 1 unspecified atom stereocenters. The molecular weight excluding hydrogens is 210 g/mol. The van der Waals surface area contributed by atoms with E-state index in [1.54, 1.807) is 0 Å². The van der Waals surface area contributed by atoms with Crippen molar-refractivity contribution in [3.8, 4) is 0 Å². The normalized spacial score (nSPS) is 15.9. The SMILES string of the molecule is CCCNCCC(O)c1ccc2c(c1)CCC2. The summed E-state index contributed by atoms with van der Waals surface area (Å²) >= 11 is 0. The predicted molar refractivity (Wildman–Crippen MR) is 71.2 cm³/mol. The molecule has 1 aromatic carbocycles. The third kappa shape index (κ3) is 3.30. The molecule has 2 rings (SSSR count). The van der Waals surface area contributed by atoms with Crippen molar-refractivity contribution < 1.29 is 5.11 Å². The highest BCUT2D eigenvalue weighted by Gasteiger charge is 2.14. The Morgan fingerprint density at radius 3 is 2.88 bits per heavy atom. The summed E-state index contributed by atoms with van der Waals surface area (Å²) in [4.78, 5) is 0. The summed E-state index contributed by atoms with van der Waals surface area (Å²) in [5, 5.41) is 13.4. The highest BCUT2D eigenvalue weighted by atomic mass is 16.3. The van der Waals surface area contributed by atoms with E-state index in [4.69, 9.17) is 0 Å². The van der Waals surface area contributed by atoms with Crippen LogP contribution in [0.2, 0.25) is 0 Å². The predicted octanol–water partition coefficient (Wildman–Crippen LogP) is 2.60. The number of aryl methyl sites for hydroxylation is 2. The minimum absolute atomic E-state index is 0.315. The van der Waals surface area contributed by atoms with E-state index in [1.165, 1.54) is 30.4 Å². The summed E-state index contributed by atoms with van der Waals surface area (Å²) in [5.41, 5.74) is 4.01. The largest absolute Gasteiger partial charge is 0.388 e. The molecule has 0 saturated heterocycles. The Labute approximate surface area is 104 Å². The van der Waals surface area contributed by atoms with Gasteiger partial charge in [-0.15, -0.1) is 0 Å². The summed E-state index contributed by atoms with van der Waals surface area (Å²) in [6, 6.07) is 6.49. The van der Waals surface area contributed by atoms with Crippen LogP contribution in [0, 0.1) is 0 Å². The van der Waals surface area contributed by atoms with Crippen LogP contribution in [-0.4, -0.2) is 18.2 Å². The molecule has 0 aliphatic heterocycles. The van der Waals surface area contributed by atoms with Crippen LogP contribution < -0.4 is 5.32 Å². The van der Waals surface area contributed by atoms with Gasteiger partial charge in [0.25, 0.3) is 0 Å². The quantitative estimate of drug-likeness (QED) is 0.740. The van der Waals surface area contributed by atoms with Crippen LogP contribution in [0.3, 0.4) is 0 Å². The van der Waals surface area contributed by atoms with Gasteiger partial charge in [0.05, 0.1) is 6.10 Å². The maximum Gasteiger partial charge on any atom is 0.0802 e. The molecule has 0 aromatic heterocycles. The zero-order valence-electron chi connectivity index (χ0n) is 10.7. The van der Waals surface area contributed by atoms with Gasteiger partial charge in [-0.05, 0) is 61.9 Å². The molecule has 0 fully saturated rings. The molecule has 2 heteroatoms. The molecule has 1 aliphatic carbocycles. The third-order valence-electron chi connectivity index (χ3n) is 3.53. The second-order valence-electron chi connectivity index (χ2n) is 4.94. The van der Waals surface area contributed by atoms with Gasteiger partial charge < -0.3 is 10.4 Å². The molecule has 2 nitrogen and oxygen atoms in total. The molecule has 1 atom stereocenters. The molecule has 2 N–H and O–H groups in total. The van der Waals surface area contributed by atoms with E-state index in [-0.39, 0.29) is 6.10 Å². The maximum atomic E-state index is 10.1. The number of benzene rings is 1. The van der Waals surface area contributed by atoms with E-state index < -0.39 is 0 Å². The first kappa shape index (κ1) is 12.6. The average molecular weight is 233 g/mol. The van der Waals surface area contributed by atoms with Gasteiger partial charge in [-0.3, -0.25) is 0 Å². The third-order valence-corrected chi connectivity index (χ3v) is 3.53. The fraction of sp³-hybridized carbons (Fsp3) is 0.600. The lowest BCUT2D eigenvalue weighted by Gasteiger charge is -2.13. The van der Waals surface area contributed by atoms with Crippen LogP contribution in [0.4, 0.5) is 0 Å². The Kier molecular flexibility index (Phi) is 4.57. The summed E-state index contributed by atoms with van der Waals surface area (Å²) in [5.74, 6) is 0. The van der Waals surface area contributed by atoms with Crippen molar-refractivity contribution in [1.29, 1.82) is 0 Å². The van der Waals surface area contributed by atoms with E-state index >= 15 is 0 Å². The minimum atomic E-state index is -0.315. The first-order valence-electron chi connectivity index (χ1n) is 6.81. The fourth-order valence-corrected chi connectivity index (χ4v) is 2.51. The van der Waals surface area contributed by atoms with Crippen molar-refractivity contribution in [2.45, 2.75) is 45.1 Å². The van der Waals surface area contributed by atoms with Gasteiger partial charge in [-0.2, -0.15) is 0 Å². The van der Waals surface area contributed by atoms with E-state index in [9.17, 15) is 5.11 Å². The van der Waals surface area contributed by atoms with Gasteiger partial charge in [-0.1, -0.05) is 25.1 Å². The Bertz CT molecular complexity index is 362. The van der Waals surface area contributed by atoms with Crippen LogP contribution in [0.25, 0.3) is 0 Å². The van der Waals surface area contributed by atoms with Gasteiger partial charge in [-0.25, -0.2) is 0 Å². The number of rotatable bonds is 6. The van der Waals surface area contributed by atoms with Crippen LogP contribution in [0.5, 0.6) is 0 Å². The van der Waals surface area contributed by atoms with E-state index in [2.05, 4.69) is 30.4 Å². The second kappa shape index (κ2) is 6.18. The molecule has 0 spiro atoms. The number of aliphatic hydroxyl groups is 1. The lowest BCUT2D eigenvalue weighted by molar-refractivity contribution is 0.167. The monoisotopic (exact) mass is 233 g/mol. The highest BCUT2D eigenvalue weighted by Crippen LogP contribution is 2.26. The molecule has 0 radical (unpaired) electrons. The molecule has 0 bridgehead atoms. The summed E-state index contributed by atoms with van der Waals surface area (Å²) in [6.07, 6.45) is 5.30. The van der Waals surface area contributed by atoms with Gasteiger partial charge in [0, 0.05) is 0 Å². The number of hydrogen-bond donors (Lipinski definition) is 2. The van der Waals surface area contributed by atoms with Gasteiger partial charge in [0.2, 0.25) is 0 Å². The van der Waals surface area contributed by atoms with Gasteiger partial charge >= 0.3 is 0 Å². The van der Waals surface area contributed by atoms with Crippen LogP contribution >= 0.6 is 0 Å². The van der Waals surface area contributed by atoms with Crippen LogP contribution in [0.1, 0.15) is 49.0 Å². The number of fused-ring (bicyclic) bond motifs is 1. The van der Waals surface area contributed by atoms with E-state index in [1.807, 2.05) is 0 Å². The van der Waals surface area contributed by atoms with Crippen LogP contribution in [-0.2, 0) is 12.8 Å². The number of hydrogen-bond acceptors (Lipinski definition) is 2. The molecule has 94 valence electrons. The zero-order valence-corrected chi connectivity index (χ0v) is 10.7. The number of aliphatic hydroxyl groups excluding tert-OH is 1. The Morgan fingerprint density at radius 1 is 1.24 bits per heavy atom. The first-order chi connectivity index (χ1) is 8.31. The van der Waals surface area contributed by atoms with Crippen molar-refractivity contribution >= 4 is 0 Å². The standard InChI is InChI=1S/C15H23NO/c1-2-9-16-10-8-15(17)14-7-6-12-4-3-5-13(12)11-14/h6-7,11,15-17H,2-5,8-10H2,1H3. The second-order valence-corrected chi connectivity index (χ2v) is 4.94. The Morgan fingerprint density at radius 2 is 2.06 bits per heavy atom. The van der Waals surface area contributed by atoms with Gasteiger partial charge in [0.1, 0.15) is 0 Å². The van der Waals surface area contributed by atoms with Crippen molar-refractivity contribution in [2.24, 2.45) is 0 Å². The molecule has 1 aromatic rings. The Balaban J connectivity index is 1.88. The van der Waals surface area contributed by atoms with Crippen molar-refractivity contribution in [3.63, 3.8) is 0 Å². The molecule has 0 heterocycles. The van der Waals surface area contributed by atoms with Crippen LogP contribution in [0.15, 0.2) is 18.2 Å². The highest BCUT2D eigenvalue weighted by molar-refractivity contribution is 5.36. The molecule has 0 saturated carbocycles. The van der Waals surface area contributed by atoms with Gasteiger partial charge in [0.15, 0.2) is 0 Å². The summed E-state index contributed by atoms with van der Waals surface area (Å²) < 4.78 is 0. The smallest absolute Gasteiger partial charge is 0.0802 e. The topological polar surface area (TPSA) is 32.3 Å². The Hall–Kier alpha value is -0.860.